The first kappa shape index (κ1) is 16.2. The van der Waals surface area contributed by atoms with Crippen LogP contribution in [-0.2, 0) is 6.42 Å². The zero-order chi connectivity index (χ0) is 16.9. The van der Waals surface area contributed by atoms with E-state index in [4.69, 9.17) is 4.74 Å². The second-order valence-corrected chi connectivity index (χ2v) is 5.82. The van der Waals surface area contributed by atoms with E-state index in [0.29, 0.717) is 0 Å². The molecule has 3 rings (SSSR count). The van der Waals surface area contributed by atoms with Gasteiger partial charge in [-0.05, 0) is 50.1 Å². The molecule has 2 aromatic heterocycles. The predicted octanol–water partition coefficient (Wildman–Crippen LogP) is 4.02. The molecule has 1 aromatic carbocycles. The van der Waals surface area contributed by atoms with E-state index in [0.717, 1.165) is 41.9 Å². The second-order valence-electron chi connectivity index (χ2n) is 5.82. The molecule has 0 saturated heterocycles. The van der Waals surface area contributed by atoms with Crippen molar-refractivity contribution in [3.8, 4) is 5.75 Å². The molecule has 0 saturated carbocycles. The summed E-state index contributed by atoms with van der Waals surface area (Å²) in [6.45, 7) is 6.12. The van der Waals surface area contributed by atoms with Gasteiger partial charge >= 0.3 is 0 Å². The van der Waals surface area contributed by atoms with Crippen molar-refractivity contribution in [3.05, 3.63) is 60.0 Å². The summed E-state index contributed by atoms with van der Waals surface area (Å²) in [6.07, 6.45) is 4.69. The highest BCUT2D eigenvalue weighted by molar-refractivity contribution is 5.95. The highest BCUT2D eigenvalue weighted by Gasteiger charge is 2.13. The molecule has 3 aromatic rings. The summed E-state index contributed by atoms with van der Waals surface area (Å²) in [4.78, 5) is 11.2. The van der Waals surface area contributed by atoms with Gasteiger partial charge in [0.05, 0.1) is 7.11 Å². The first-order valence-corrected chi connectivity index (χ1v) is 8.31. The van der Waals surface area contributed by atoms with Gasteiger partial charge in [-0.25, -0.2) is 4.98 Å². The first-order chi connectivity index (χ1) is 11.7. The number of nitrogens with zero attached hydrogens (tertiary/aromatic N) is 3. The van der Waals surface area contributed by atoms with Crippen LogP contribution in [0.2, 0.25) is 0 Å². The molecule has 0 aliphatic carbocycles. The van der Waals surface area contributed by atoms with Crippen LogP contribution in [0.5, 0.6) is 5.75 Å². The number of para-hydroxylation sites is 1. The standard InChI is InChI=1S/C20H23N3O/c1-4-23(13-10-16-8-11-21-12-9-16)18-14-15(2)22-20-17(18)6-5-7-19(20)24-3/h5-9,11-12,14H,4,10,13H2,1-3H3. The van der Waals surface area contributed by atoms with E-state index < -0.39 is 0 Å². The Balaban J connectivity index is 1.96. The number of fused-ring (bicyclic) bond motifs is 1. The fourth-order valence-corrected chi connectivity index (χ4v) is 3.02. The normalized spacial score (nSPS) is 10.8. The zero-order valence-corrected chi connectivity index (χ0v) is 14.5. The Morgan fingerprint density at radius 1 is 1.12 bits per heavy atom. The minimum atomic E-state index is 0.822. The van der Waals surface area contributed by atoms with Crippen molar-refractivity contribution in [2.75, 3.05) is 25.1 Å². The van der Waals surface area contributed by atoms with Crippen LogP contribution in [0.25, 0.3) is 10.9 Å². The Morgan fingerprint density at radius 3 is 2.62 bits per heavy atom. The molecule has 0 atom stereocenters. The van der Waals surface area contributed by atoms with Crippen molar-refractivity contribution in [2.45, 2.75) is 20.3 Å². The smallest absolute Gasteiger partial charge is 0.145 e. The summed E-state index contributed by atoms with van der Waals surface area (Å²) in [5.74, 6) is 0.822. The topological polar surface area (TPSA) is 38.2 Å². The number of anilines is 1. The molecule has 0 aliphatic rings. The molecule has 0 bridgehead atoms. The van der Waals surface area contributed by atoms with Gasteiger partial charge in [0, 0.05) is 42.3 Å². The second kappa shape index (κ2) is 7.30. The minimum absolute atomic E-state index is 0.822. The van der Waals surface area contributed by atoms with E-state index >= 15 is 0 Å². The fraction of sp³-hybridized carbons (Fsp3) is 0.300. The third-order valence-electron chi connectivity index (χ3n) is 4.27. The number of aromatic nitrogens is 2. The predicted molar refractivity (Wildman–Crippen MR) is 98.9 cm³/mol. The van der Waals surface area contributed by atoms with E-state index in [2.05, 4.69) is 46.1 Å². The van der Waals surface area contributed by atoms with Gasteiger partial charge in [0.1, 0.15) is 11.3 Å². The van der Waals surface area contributed by atoms with E-state index in [1.54, 1.807) is 7.11 Å². The minimum Gasteiger partial charge on any atom is -0.494 e. The third kappa shape index (κ3) is 3.32. The molecule has 0 unspecified atom stereocenters. The molecule has 24 heavy (non-hydrogen) atoms. The van der Waals surface area contributed by atoms with Crippen molar-refractivity contribution in [2.24, 2.45) is 0 Å². The molecule has 0 amide bonds. The number of hydrogen-bond donors (Lipinski definition) is 0. The lowest BCUT2D eigenvalue weighted by Crippen LogP contribution is -2.25. The van der Waals surface area contributed by atoms with Crippen LogP contribution in [0.15, 0.2) is 48.8 Å². The van der Waals surface area contributed by atoms with Gasteiger partial charge in [-0.3, -0.25) is 4.98 Å². The van der Waals surface area contributed by atoms with E-state index in [1.165, 1.54) is 11.3 Å². The van der Waals surface area contributed by atoms with Gasteiger partial charge in [-0.2, -0.15) is 0 Å². The quantitative estimate of drug-likeness (QED) is 0.687. The number of benzene rings is 1. The maximum absolute atomic E-state index is 5.49. The monoisotopic (exact) mass is 321 g/mol. The van der Waals surface area contributed by atoms with E-state index in [1.807, 2.05) is 31.5 Å². The number of likely N-dealkylation sites (N-methyl/N-ethyl adjacent to an activating group) is 1. The highest BCUT2D eigenvalue weighted by atomic mass is 16.5. The molecule has 0 radical (unpaired) electrons. The van der Waals surface area contributed by atoms with Crippen LogP contribution in [0.3, 0.4) is 0 Å². The summed E-state index contributed by atoms with van der Waals surface area (Å²) >= 11 is 0. The SMILES string of the molecule is CCN(CCc1ccncc1)c1cc(C)nc2c(OC)cccc12. The zero-order valence-electron chi connectivity index (χ0n) is 14.5. The molecule has 2 heterocycles. The average molecular weight is 321 g/mol. The Kier molecular flexibility index (Phi) is 4.94. The number of methoxy groups -OCH3 is 1. The third-order valence-corrected chi connectivity index (χ3v) is 4.27. The Labute approximate surface area is 143 Å². The number of hydrogen-bond acceptors (Lipinski definition) is 4. The maximum atomic E-state index is 5.49. The van der Waals surface area contributed by atoms with E-state index in [-0.39, 0.29) is 0 Å². The van der Waals surface area contributed by atoms with Crippen molar-refractivity contribution in [3.63, 3.8) is 0 Å². The number of rotatable bonds is 6. The lowest BCUT2D eigenvalue weighted by atomic mass is 10.1. The lowest BCUT2D eigenvalue weighted by molar-refractivity contribution is 0.419. The maximum Gasteiger partial charge on any atom is 0.145 e. The van der Waals surface area contributed by atoms with Crippen LogP contribution in [0.1, 0.15) is 18.2 Å². The Bertz CT molecular complexity index is 818. The van der Waals surface area contributed by atoms with Crippen molar-refractivity contribution < 1.29 is 4.74 Å². The number of aryl methyl sites for hydroxylation is 1. The molecule has 4 heteroatoms. The molecule has 0 N–H and O–H groups in total. The molecule has 0 aliphatic heterocycles. The van der Waals surface area contributed by atoms with Crippen molar-refractivity contribution >= 4 is 16.6 Å². The largest absolute Gasteiger partial charge is 0.494 e. The van der Waals surface area contributed by atoms with Crippen molar-refractivity contribution in [1.82, 2.24) is 9.97 Å². The number of ether oxygens (including phenoxy) is 1. The van der Waals surface area contributed by atoms with Gasteiger partial charge in [0.15, 0.2) is 0 Å². The van der Waals surface area contributed by atoms with Crippen LogP contribution >= 0.6 is 0 Å². The van der Waals surface area contributed by atoms with Crippen molar-refractivity contribution in [1.29, 1.82) is 0 Å². The average Bonchev–Trinajstić information content (AvgIpc) is 2.62. The summed E-state index contributed by atoms with van der Waals surface area (Å²) in [7, 11) is 1.69. The van der Waals surface area contributed by atoms with Crippen LogP contribution in [0.4, 0.5) is 5.69 Å². The fourth-order valence-electron chi connectivity index (χ4n) is 3.02. The summed E-state index contributed by atoms with van der Waals surface area (Å²) in [5, 5.41) is 1.14. The van der Waals surface area contributed by atoms with Crippen LogP contribution < -0.4 is 9.64 Å². The molecule has 0 spiro atoms. The Hall–Kier alpha value is -2.62. The Morgan fingerprint density at radius 2 is 1.92 bits per heavy atom. The highest BCUT2D eigenvalue weighted by Crippen LogP contribution is 2.32. The van der Waals surface area contributed by atoms with Gasteiger partial charge in [0.2, 0.25) is 0 Å². The first-order valence-electron chi connectivity index (χ1n) is 8.31. The van der Waals surface area contributed by atoms with Crippen LogP contribution in [0, 0.1) is 6.92 Å². The molecule has 124 valence electrons. The summed E-state index contributed by atoms with van der Waals surface area (Å²) < 4.78 is 5.49. The summed E-state index contributed by atoms with van der Waals surface area (Å²) in [6, 6.07) is 12.4. The molecular formula is C20H23N3O. The van der Waals surface area contributed by atoms with Gasteiger partial charge in [-0.15, -0.1) is 0 Å². The van der Waals surface area contributed by atoms with Gasteiger partial charge in [0.25, 0.3) is 0 Å². The summed E-state index contributed by atoms with van der Waals surface area (Å²) in [5.41, 5.74) is 4.45. The molecule has 0 fully saturated rings. The number of pyridine rings is 2. The molecule has 4 nitrogen and oxygen atoms in total. The van der Waals surface area contributed by atoms with Gasteiger partial charge < -0.3 is 9.64 Å². The van der Waals surface area contributed by atoms with Gasteiger partial charge in [-0.1, -0.05) is 12.1 Å². The molecular weight excluding hydrogens is 298 g/mol. The van der Waals surface area contributed by atoms with Crippen LogP contribution in [-0.4, -0.2) is 30.2 Å². The van der Waals surface area contributed by atoms with E-state index in [9.17, 15) is 0 Å². The lowest BCUT2D eigenvalue weighted by Gasteiger charge is -2.25.